The van der Waals surface area contributed by atoms with Gasteiger partial charge in [0.05, 0.1) is 17.7 Å². The molecule has 4 aromatic carbocycles. The van der Waals surface area contributed by atoms with E-state index in [9.17, 15) is 18.0 Å². The molecule has 5 rings (SSSR count). The lowest BCUT2D eigenvalue weighted by Crippen LogP contribution is -2.54. The quantitative estimate of drug-likeness (QED) is 0.174. The molecule has 0 radical (unpaired) electrons. The minimum Gasteiger partial charge on any atom is -0.497 e. The molecular weight excluding hydrogens is 634 g/mol. The van der Waals surface area contributed by atoms with E-state index < -0.39 is 28.5 Å². The zero-order chi connectivity index (χ0) is 33.4. The number of hydrogen-bond acceptors (Lipinski definition) is 5. The summed E-state index contributed by atoms with van der Waals surface area (Å²) in [5.74, 6) is -0.255. The summed E-state index contributed by atoms with van der Waals surface area (Å²) < 4.78 is 34.8. The van der Waals surface area contributed by atoms with Crippen molar-refractivity contribution in [3.05, 3.63) is 125 Å². The number of carbonyl (C=O) groups excluding carboxylic acids is 2. The Bertz CT molecular complexity index is 1760. The van der Waals surface area contributed by atoms with E-state index in [0.717, 1.165) is 46.7 Å². The Balaban J connectivity index is 1.56. The molecular formula is C37H40ClN3O5S. The third-order valence-corrected chi connectivity index (χ3v) is 10.5. The summed E-state index contributed by atoms with van der Waals surface area (Å²) in [4.78, 5) is 30.3. The number of nitrogens with one attached hydrogen (secondary N) is 1. The molecule has 0 aliphatic heterocycles. The molecule has 246 valence electrons. The number of anilines is 1. The molecule has 4 aromatic rings. The van der Waals surface area contributed by atoms with E-state index in [4.69, 9.17) is 16.3 Å². The van der Waals surface area contributed by atoms with Crippen LogP contribution in [0, 0.1) is 6.92 Å². The zero-order valence-corrected chi connectivity index (χ0v) is 28.2. The molecule has 47 heavy (non-hydrogen) atoms. The van der Waals surface area contributed by atoms with Gasteiger partial charge in [0.25, 0.3) is 10.0 Å². The van der Waals surface area contributed by atoms with Crippen LogP contribution in [0.25, 0.3) is 0 Å². The van der Waals surface area contributed by atoms with E-state index in [1.54, 1.807) is 54.6 Å². The van der Waals surface area contributed by atoms with Gasteiger partial charge in [0.2, 0.25) is 11.8 Å². The van der Waals surface area contributed by atoms with E-state index in [-0.39, 0.29) is 35.5 Å². The van der Waals surface area contributed by atoms with Crippen molar-refractivity contribution in [3.8, 4) is 5.75 Å². The molecule has 1 saturated carbocycles. The van der Waals surface area contributed by atoms with Gasteiger partial charge in [-0.05, 0) is 79.4 Å². The summed E-state index contributed by atoms with van der Waals surface area (Å²) in [7, 11) is -2.67. The van der Waals surface area contributed by atoms with Crippen LogP contribution >= 0.6 is 11.6 Å². The maximum Gasteiger partial charge on any atom is 0.264 e. The maximum atomic E-state index is 14.6. The maximum absolute atomic E-state index is 14.6. The van der Waals surface area contributed by atoms with Crippen LogP contribution in [0.4, 0.5) is 5.69 Å². The molecule has 0 spiro atoms. The van der Waals surface area contributed by atoms with Crippen molar-refractivity contribution in [2.45, 2.75) is 62.6 Å². The van der Waals surface area contributed by atoms with Gasteiger partial charge in [-0.3, -0.25) is 13.9 Å². The first-order valence-corrected chi connectivity index (χ1v) is 17.6. The van der Waals surface area contributed by atoms with Crippen LogP contribution < -0.4 is 14.4 Å². The van der Waals surface area contributed by atoms with Gasteiger partial charge in [-0.25, -0.2) is 8.42 Å². The predicted octanol–water partition coefficient (Wildman–Crippen LogP) is 6.55. The van der Waals surface area contributed by atoms with Gasteiger partial charge in [-0.2, -0.15) is 0 Å². The van der Waals surface area contributed by atoms with Gasteiger partial charge in [0.15, 0.2) is 0 Å². The highest BCUT2D eigenvalue weighted by Crippen LogP contribution is 2.28. The normalized spacial score (nSPS) is 13.9. The number of halogens is 1. The first-order valence-electron chi connectivity index (χ1n) is 15.8. The smallest absolute Gasteiger partial charge is 0.264 e. The Morgan fingerprint density at radius 2 is 1.55 bits per heavy atom. The van der Waals surface area contributed by atoms with Gasteiger partial charge in [-0.1, -0.05) is 84.6 Å². The van der Waals surface area contributed by atoms with Crippen molar-refractivity contribution < 1.29 is 22.7 Å². The number of aryl methyl sites for hydroxylation is 1. The number of nitrogens with zero attached hydrogens (tertiary/aromatic N) is 2. The van der Waals surface area contributed by atoms with Crippen LogP contribution in [0.1, 0.15) is 42.4 Å². The molecule has 0 bridgehead atoms. The van der Waals surface area contributed by atoms with Crippen LogP contribution in [0.5, 0.6) is 5.75 Å². The number of ether oxygens (including phenoxy) is 1. The van der Waals surface area contributed by atoms with Crippen molar-refractivity contribution in [2.24, 2.45) is 0 Å². The third kappa shape index (κ3) is 8.73. The van der Waals surface area contributed by atoms with Crippen LogP contribution in [0.2, 0.25) is 5.02 Å². The monoisotopic (exact) mass is 673 g/mol. The van der Waals surface area contributed by atoms with Crippen LogP contribution in [-0.4, -0.2) is 50.9 Å². The van der Waals surface area contributed by atoms with Gasteiger partial charge >= 0.3 is 0 Å². The lowest BCUT2D eigenvalue weighted by molar-refractivity contribution is -0.140. The van der Waals surface area contributed by atoms with E-state index in [1.807, 2.05) is 43.3 Å². The SMILES string of the molecule is COc1ccc(N(CC(=O)N(Cc2cccc(Cl)c2)C(Cc2ccccc2)C(=O)NC2CCCC2)S(=O)(=O)c2ccc(C)cc2)cc1. The molecule has 2 amide bonds. The molecule has 0 aromatic heterocycles. The Kier molecular flexibility index (Phi) is 11.2. The summed E-state index contributed by atoms with van der Waals surface area (Å²) in [6, 6.07) is 28.8. The lowest BCUT2D eigenvalue weighted by atomic mass is 10.0. The van der Waals surface area contributed by atoms with Gasteiger partial charge in [0, 0.05) is 24.0 Å². The summed E-state index contributed by atoms with van der Waals surface area (Å²) in [6.07, 6.45) is 4.08. The Labute approximate surface area is 282 Å². The van der Waals surface area contributed by atoms with E-state index in [1.165, 1.54) is 24.1 Å². The highest BCUT2D eigenvalue weighted by molar-refractivity contribution is 7.92. The van der Waals surface area contributed by atoms with Gasteiger partial charge in [0.1, 0.15) is 18.3 Å². The van der Waals surface area contributed by atoms with E-state index >= 15 is 0 Å². The average molecular weight is 674 g/mol. The molecule has 10 heteroatoms. The zero-order valence-electron chi connectivity index (χ0n) is 26.6. The minimum atomic E-state index is -4.20. The number of sulfonamides is 1. The predicted molar refractivity (Wildman–Crippen MR) is 185 cm³/mol. The molecule has 1 aliphatic carbocycles. The number of amides is 2. The summed E-state index contributed by atoms with van der Waals surface area (Å²) in [6.45, 7) is 1.39. The van der Waals surface area contributed by atoms with Crippen LogP contribution in [-0.2, 0) is 32.6 Å². The Hall–Kier alpha value is -4.34. The first-order chi connectivity index (χ1) is 22.6. The molecule has 1 unspecified atom stereocenters. The lowest BCUT2D eigenvalue weighted by Gasteiger charge is -2.34. The molecule has 0 heterocycles. The summed E-state index contributed by atoms with van der Waals surface area (Å²) in [5, 5.41) is 3.68. The first kappa shape index (κ1) is 34.0. The molecule has 0 saturated heterocycles. The molecule has 1 atom stereocenters. The second kappa shape index (κ2) is 15.5. The Morgan fingerprint density at radius 3 is 2.19 bits per heavy atom. The molecule has 1 aliphatic rings. The molecule has 8 nitrogen and oxygen atoms in total. The van der Waals surface area contributed by atoms with Crippen LogP contribution in [0.15, 0.2) is 108 Å². The number of benzene rings is 4. The van der Waals surface area contributed by atoms with Crippen molar-refractivity contribution in [2.75, 3.05) is 18.0 Å². The minimum absolute atomic E-state index is 0.0293. The van der Waals surface area contributed by atoms with Crippen molar-refractivity contribution in [1.82, 2.24) is 10.2 Å². The number of methoxy groups -OCH3 is 1. The van der Waals surface area contributed by atoms with Crippen molar-refractivity contribution in [1.29, 1.82) is 0 Å². The van der Waals surface area contributed by atoms with Crippen LogP contribution in [0.3, 0.4) is 0 Å². The number of hydrogen-bond donors (Lipinski definition) is 1. The third-order valence-electron chi connectivity index (χ3n) is 8.46. The Morgan fingerprint density at radius 1 is 0.894 bits per heavy atom. The highest BCUT2D eigenvalue weighted by atomic mass is 35.5. The van der Waals surface area contributed by atoms with Crippen molar-refractivity contribution >= 4 is 39.1 Å². The fourth-order valence-corrected chi connectivity index (χ4v) is 7.50. The fraction of sp³-hybridized carbons (Fsp3) is 0.297. The number of rotatable bonds is 13. The average Bonchev–Trinajstić information content (AvgIpc) is 3.59. The number of carbonyl (C=O) groups is 2. The van der Waals surface area contributed by atoms with Crippen molar-refractivity contribution in [3.63, 3.8) is 0 Å². The fourth-order valence-electron chi connectivity index (χ4n) is 5.87. The standard InChI is InChI=1S/C37H40ClN3O5S/c1-27-15-21-34(22-16-27)47(44,45)41(32-17-19-33(46-2)20-18-32)26-36(42)40(25-29-11-8-12-30(38)23-29)35(24-28-9-4-3-5-10-28)37(43)39-31-13-6-7-14-31/h3-5,8-12,15-23,31,35H,6-7,13-14,24-26H2,1-2H3,(H,39,43). The van der Waals surface area contributed by atoms with E-state index in [0.29, 0.717) is 10.8 Å². The molecule has 1 N–H and O–H groups in total. The largest absolute Gasteiger partial charge is 0.497 e. The summed E-state index contributed by atoms with van der Waals surface area (Å²) in [5.41, 5.74) is 2.79. The topological polar surface area (TPSA) is 96.0 Å². The second-order valence-electron chi connectivity index (χ2n) is 11.9. The highest BCUT2D eigenvalue weighted by Gasteiger charge is 2.35. The van der Waals surface area contributed by atoms with Gasteiger partial charge in [-0.15, -0.1) is 0 Å². The molecule has 1 fully saturated rings. The van der Waals surface area contributed by atoms with E-state index in [2.05, 4.69) is 5.32 Å². The summed E-state index contributed by atoms with van der Waals surface area (Å²) >= 11 is 6.34. The van der Waals surface area contributed by atoms with Gasteiger partial charge < -0.3 is 15.0 Å². The second-order valence-corrected chi connectivity index (χ2v) is 14.2.